The van der Waals surface area contributed by atoms with Crippen LogP contribution in [0.4, 0.5) is 29.1 Å². The summed E-state index contributed by atoms with van der Waals surface area (Å²) in [5.41, 5.74) is -0.178. The molecule has 1 aromatic carbocycles. The molecular weight excluding hydrogens is 444 g/mol. The predicted molar refractivity (Wildman–Crippen MR) is 110 cm³/mol. The van der Waals surface area contributed by atoms with Gasteiger partial charge in [0.1, 0.15) is 29.1 Å². The van der Waals surface area contributed by atoms with Crippen molar-refractivity contribution in [2.45, 2.75) is 31.2 Å². The summed E-state index contributed by atoms with van der Waals surface area (Å²) in [4.78, 5) is 14.6. The van der Waals surface area contributed by atoms with E-state index in [0.29, 0.717) is 42.3 Å². The number of carbonyl (C=O) groups is 1. The first-order valence-corrected chi connectivity index (χ1v) is 10.3. The average molecular weight is 464 g/mol. The van der Waals surface area contributed by atoms with Crippen molar-refractivity contribution in [3.05, 3.63) is 53.7 Å². The van der Waals surface area contributed by atoms with Gasteiger partial charge < -0.3 is 15.0 Å². The third kappa shape index (κ3) is 4.37. The number of nitrogens with one attached hydrogen (secondary N) is 1. The third-order valence-electron chi connectivity index (χ3n) is 5.58. The van der Waals surface area contributed by atoms with E-state index in [1.807, 2.05) is 9.58 Å². The zero-order valence-electron chi connectivity index (χ0n) is 17.5. The largest absolute Gasteiger partial charge is 0.487 e. The Bertz CT molecular complexity index is 1190. The molecular formula is C21H20F4N6O2. The molecule has 3 heterocycles. The topological polar surface area (TPSA) is 77.2 Å². The molecule has 0 atom stereocenters. The molecule has 1 saturated carbocycles. The van der Waals surface area contributed by atoms with Crippen molar-refractivity contribution in [1.29, 1.82) is 0 Å². The normalized spacial score (nSPS) is 16.6. The number of alkyl halides is 3. The lowest BCUT2D eigenvalue weighted by Gasteiger charge is -2.40. The Kier molecular flexibility index (Phi) is 5.02. The Balaban J connectivity index is 1.24. The van der Waals surface area contributed by atoms with Gasteiger partial charge in [0.05, 0.1) is 42.8 Å². The second-order valence-electron chi connectivity index (χ2n) is 8.22. The van der Waals surface area contributed by atoms with Crippen molar-refractivity contribution < 1.29 is 27.1 Å². The van der Waals surface area contributed by atoms with Crippen LogP contribution in [0.15, 0.2) is 36.8 Å². The van der Waals surface area contributed by atoms with Gasteiger partial charge in [-0.05, 0) is 25.0 Å². The molecule has 33 heavy (non-hydrogen) atoms. The fourth-order valence-corrected chi connectivity index (χ4v) is 3.78. The number of aromatic nitrogens is 4. The molecule has 0 radical (unpaired) electrons. The zero-order valence-corrected chi connectivity index (χ0v) is 17.5. The molecule has 2 aromatic heterocycles. The van der Waals surface area contributed by atoms with Crippen molar-refractivity contribution in [1.82, 2.24) is 19.6 Å². The molecule has 0 unspecified atom stereocenters. The van der Waals surface area contributed by atoms with Gasteiger partial charge in [0.2, 0.25) is 0 Å². The summed E-state index contributed by atoms with van der Waals surface area (Å²) in [6.07, 6.45) is 1.85. The van der Waals surface area contributed by atoms with Gasteiger partial charge in [-0.3, -0.25) is 14.2 Å². The minimum Gasteiger partial charge on any atom is -0.487 e. The Morgan fingerprint density at radius 3 is 2.61 bits per heavy atom. The number of aryl methyl sites for hydroxylation is 1. The standard InChI is InChI=1S/C21H20F4N6O2/c1-29-20(18(8-26-29)19(32)28-14-7-27-31(9-14)15-2-3-15)30-10-17(11-30)33-16-5-12(21(23,24)25)4-13(22)6-16/h4-9,15,17H,2-3,10-11H2,1H3,(H,28,32). The van der Waals surface area contributed by atoms with Gasteiger partial charge in [-0.25, -0.2) is 4.39 Å². The van der Waals surface area contributed by atoms with Crippen LogP contribution in [-0.2, 0) is 13.2 Å². The number of carbonyl (C=O) groups excluding carboxylic acids is 1. The van der Waals surface area contributed by atoms with Crippen LogP contribution in [0.5, 0.6) is 5.75 Å². The summed E-state index contributed by atoms with van der Waals surface area (Å²) in [6, 6.07) is 2.52. The highest BCUT2D eigenvalue weighted by Crippen LogP contribution is 2.35. The number of anilines is 2. The number of hydrogen-bond acceptors (Lipinski definition) is 5. The number of halogens is 4. The first-order valence-electron chi connectivity index (χ1n) is 10.3. The first kappa shape index (κ1) is 21.3. The van der Waals surface area contributed by atoms with Gasteiger partial charge in [0.15, 0.2) is 0 Å². The zero-order chi connectivity index (χ0) is 23.3. The molecule has 1 aliphatic carbocycles. The Labute approximate surface area is 185 Å². The molecule has 1 N–H and O–H groups in total. The van der Waals surface area contributed by atoms with Crippen LogP contribution in [0, 0.1) is 5.82 Å². The summed E-state index contributed by atoms with van der Waals surface area (Å²) in [5.74, 6) is -1.01. The van der Waals surface area contributed by atoms with Crippen LogP contribution in [0.3, 0.4) is 0 Å². The van der Waals surface area contributed by atoms with Crippen LogP contribution in [0.2, 0.25) is 0 Å². The molecule has 0 spiro atoms. The van der Waals surface area contributed by atoms with Crippen LogP contribution < -0.4 is 15.0 Å². The second-order valence-corrected chi connectivity index (χ2v) is 8.22. The molecule has 2 aliphatic rings. The molecule has 1 saturated heterocycles. The molecule has 1 aliphatic heterocycles. The van der Waals surface area contributed by atoms with E-state index < -0.39 is 23.7 Å². The van der Waals surface area contributed by atoms with E-state index in [0.717, 1.165) is 25.0 Å². The van der Waals surface area contributed by atoms with E-state index in [-0.39, 0.29) is 11.7 Å². The molecule has 174 valence electrons. The quantitative estimate of drug-likeness (QED) is 0.564. The molecule has 5 rings (SSSR count). The third-order valence-corrected chi connectivity index (χ3v) is 5.58. The summed E-state index contributed by atoms with van der Waals surface area (Å²) in [6.45, 7) is 0.606. The van der Waals surface area contributed by atoms with Crippen LogP contribution in [0.1, 0.15) is 34.8 Å². The number of ether oxygens (including phenoxy) is 1. The van der Waals surface area contributed by atoms with E-state index in [2.05, 4.69) is 15.5 Å². The maximum atomic E-state index is 13.6. The fraction of sp³-hybridized carbons (Fsp3) is 0.381. The SMILES string of the molecule is Cn1ncc(C(=O)Nc2cnn(C3CC3)c2)c1N1CC(Oc2cc(F)cc(C(F)(F)F)c2)C1. The van der Waals surface area contributed by atoms with Crippen molar-refractivity contribution >= 4 is 17.4 Å². The predicted octanol–water partition coefficient (Wildman–Crippen LogP) is 3.63. The molecule has 3 aromatic rings. The molecule has 0 bridgehead atoms. The summed E-state index contributed by atoms with van der Waals surface area (Å²) in [7, 11) is 1.69. The van der Waals surface area contributed by atoms with Crippen molar-refractivity contribution in [3.63, 3.8) is 0 Å². The number of nitrogens with zero attached hydrogens (tertiary/aromatic N) is 5. The Morgan fingerprint density at radius 1 is 1.15 bits per heavy atom. The summed E-state index contributed by atoms with van der Waals surface area (Å²) >= 11 is 0. The number of amides is 1. The summed E-state index contributed by atoms with van der Waals surface area (Å²) in [5, 5.41) is 11.2. The van der Waals surface area contributed by atoms with Gasteiger partial charge in [-0.1, -0.05) is 0 Å². The first-order chi connectivity index (χ1) is 15.7. The lowest BCUT2D eigenvalue weighted by Crippen LogP contribution is -2.55. The lowest BCUT2D eigenvalue weighted by molar-refractivity contribution is -0.137. The van der Waals surface area contributed by atoms with Crippen LogP contribution in [-0.4, -0.2) is 44.7 Å². The van der Waals surface area contributed by atoms with Crippen molar-refractivity contribution in [3.8, 4) is 5.75 Å². The number of hydrogen-bond donors (Lipinski definition) is 1. The van der Waals surface area contributed by atoms with Gasteiger partial charge in [0, 0.05) is 19.3 Å². The van der Waals surface area contributed by atoms with Gasteiger partial charge in [0.25, 0.3) is 5.91 Å². The Morgan fingerprint density at radius 2 is 1.91 bits per heavy atom. The van der Waals surface area contributed by atoms with Crippen LogP contribution in [0.25, 0.3) is 0 Å². The van der Waals surface area contributed by atoms with E-state index in [4.69, 9.17) is 4.74 Å². The minimum atomic E-state index is -4.67. The monoisotopic (exact) mass is 464 g/mol. The fourth-order valence-electron chi connectivity index (χ4n) is 3.78. The number of benzene rings is 1. The van der Waals surface area contributed by atoms with E-state index >= 15 is 0 Å². The second kappa shape index (κ2) is 7.78. The minimum absolute atomic E-state index is 0.192. The smallest absolute Gasteiger partial charge is 0.416 e. The average Bonchev–Trinajstić information content (AvgIpc) is 3.34. The molecule has 8 nitrogen and oxygen atoms in total. The van der Waals surface area contributed by atoms with E-state index in [1.54, 1.807) is 24.1 Å². The highest BCUT2D eigenvalue weighted by Gasteiger charge is 2.35. The van der Waals surface area contributed by atoms with Crippen molar-refractivity contribution in [2.75, 3.05) is 23.3 Å². The molecule has 2 fully saturated rings. The highest BCUT2D eigenvalue weighted by atomic mass is 19.4. The molecule has 12 heteroatoms. The Hall–Kier alpha value is -3.57. The maximum absolute atomic E-state index is 13.6. The highest BCUT2D eigenvalue weighted by molar-refractivity contribution is 6.07. The summed E-state index contributed by atoms with van der Waals surface area (Å²) < 4.78 is 61.2. The van der Waals surface area contributed by atoms with E-state index in [9.17, 15) is 22.4 Å². The van der Waals surface area contributed by atoms with Crippen molar-refractivity contribution in [2.24, 2.45) is 7.05 Å². The molecule has 1 amide bonds. The van der Waals surface area contributed by atoms with Gasteiger partial charge >= 0.3 is 6.18 Å². The maximum Gasteiger partial charge on any atom is 0.416 e. The van der Waals surface area contributed by atoms with Crippen LogP contribution >= 0.6 is 0 Å². The number of rotatable bonds is 6. The van der Waals surface area contributed by atoms with E-state index in [1.165, 1.54) is 6.20 Å². The lowest BCUT2D eigenvalue weighted by atomic mass is 10.1. The van der Waals surface area contributed by atoms with Gasteiger partial charge in [-0.15, -0.1) is 0 Å². The van der Waals surface area contributed by atoms with Gasteiger partial charge in [-0.2, -0.15) is 23.4 Å².